The zero-order valence-electron chi connectivity index (χ0n) is 14.3. The number of fused-ring (bicyclic) bond motifs is 1. The van der Waals surface area contributed by atoms with Gasteiger partial charge in [-0.15, -0.1) is 0 Å². The van der Waals surface area contributed by atoms with E-state index in [2.05, 4.69) is 10.2 Å². The Hall–Kier alpha value is -3.87. The van der Waals surface area contributed by atoms with Crippen LogP contribution in [0.3, 0.4) is 0 Å². The number of phenolic OH excluding ortho intramolecular Hbond substituents is 1. The summed E-state index contributed by atoms with van der Waals surface area (Å²) in [5, 5.41) is 15.0. The van der Waals surface area contributed by atoms with E-state index in [4.69, 9.17) is 0 Å². The molecule has 3 aromatic rings. The number of aromatic nitrogens is 2. The normalized spacial score (nSPS) is 16.6. The average molecular weight is 361 g/mol. The van der Waals surface area contributed by atoms with Gasteiger partial charge in [0.15, 0.2) is 0 Å². The van der Waals surface area contributed by atoms with Crippen LogP contribution in [-0.4, -0.2) is 34.0 Å². The van der Waals surface area contributed by atoms with Gasteiger partial charge in [0.05, 0.1) is 16.3 Å². The number of hydrogen-bond donors (Lipinski definition) is 3. The van der Waals surface area contributed by atoms with Crippen LogP contribution in [0.15, 0.2) is 53.3 Å². The minimum absolute atomic E-state index is 0.0448. The highest BCUT2D eigenvalue weighted by atomic mass is 16.3. The van der Waals surface area contributed by atoms with Crippen molar-refractivity contribution in [3.63, 3.8) is 0 Å². The van der Waals surface area contributed by atoms with Crippen LogP contribution in [0, 0.1) is 0 Å². The van der Waals surface area contributed by atoms with Gasteiger partial charge < -0.3 is 10.0 Å². The number of Topliss-reactive ketones (excluding diaryl/α,β-unsaturated/α-hetero) is 1. The second kappa shape index (κ2) is 6.14. The molecule has 1 aromatic heterocycles. The molecule has 1 amide bonds. The highest BCUT2D eigenvalue weighted by Crippen LogP contribution is 2.28. The number of carbonyl (C=O) groups excluding carboxylic acids is 2. The smallest absolute Gasteiger partial charge is 0.271 e. The zero-order valence-corrected chi connectivity index (χ0v) is 14.3. The first-order chi connectivity index (χ1) is 13.0. The van der Waals surface area contributed by atoms with Crippen LogP contribution in [-0.2, 0) is 4.79 Å². The molecule has 3 N–H and O–H groups in total. The van der Waals surface area contributed by atoms with Crippen molar-refractivity contribution in [3.8, 4) is 5.75 Å². The number of nitrogens with one attached hydrogen (secondary N) is 2. The SMILES string of the molecule is CN1C(=O)/C(=c2\[nH][nH]c(=O)\c2=C/c2cccc(O)c2)C(=O)c2ccccc21. The number of hydrogen-bond acceptors (Lipinski definition) is 4. The van der Waals surface area contributed by atoms with Crippen molar-refractivity contribution in [2.75, 3.05) is 11.9 Å². The number of rotatable bonds is 1. The highest BCUT2D eigenvalue weighted by molar-refractivity contribution is 6.51. The van der Waals surface area contributed by atoms with Crippen LogP contribution in [0.2, 0.25) is 0 Å². The minimum atomic E-state index is -0.500. The standard InChI is InChI=1S/C20H15N3O4/c1-23-15-8-3-2-7-13(15)18(25)16(20(23)27)17-14(19(26)22-21-17)10-11-5-4-6-12(24)9-11/h2-10,21,24H,1H3,(H,22,26)/b14-10-,17-16-. The van der Waals surface area contributed by atoms with Crippen LogP contribution < -0.4 is 21.0 Å². The van der Waals surface area contributed by atoms with E-state index in [0.29, 0.717) is 16.8 Å². The van der Waals surface area contributed by atoms with E-state index in [-0.39, 0.29) is 21.9 Å². The van der Waals surface area contributed by atoms with Crippen molar-refractivity contribution < 1.29 is 14.7 Å². The van der Waals surface area contributed by atoms with E-state index in [0.717, 1.165) is 0 Å². The van der Waals surface area contributed by atoms with Crippen molar-refractivity contribution in [2.45, 2.75) is 0 Å². The van der Waals surface area contributed by atoms with Gasteiger partial charge in [-0.2, -0.15) is 0 Å². The first kappa shape index (κ1) is 16.6. The molecule has 2 aromatic carbocycles. The molecule has 4 rings (SSSR count). The van der Waals surface area contributed by atoms with Crippen molar-refractivity contribution in [3.05, 3.63) is 80.6 Å². The molecule has 134 valence electrons. The summed E-state index contributed by atoms with van der Waals surface area (Å²) >= 11 is 0. The van der Waals surface area contributed by atoms with Crippen LogP contribution >= 0.6 is 0 Å². The monoisotopic (exact) mass is 361 g/mol. The predicted octanol–water partition coefficient (Wildman–Crippen LogP) is 0.247. The predicted molar refractivity (Wildman–Crippen MR) is 99.9 cm³/mol. The van der Waals surface area contributed by atoms with E-state index in [1.54, 1.807) is 43.4 Å². The van der Waals surface area contributed by atoms with E-state index in [1.165, 1.54) is 23.1 Å². The molecule has 0 spiro atoms. The van der Waals surface area contributed by atoms with Crippen molar-refractivity contribution in [1.82, 2.24) is 10.2 Å². The van der Waals surface area contributed by atoms with Crippen LogP contribution in [0.1, 0.15) is 15.9 Å². The third-order valence-corrected chi connectivity index (χ3v) is 4.50. The second-order valence-electron chi connectivity index (χ2n) is 6.19. The van der Waals surface area contributed by atoms with E-state index >= 15 is 0 Å². The van der Waals surface area contributed by atoms with Crippen molar-refractivity contribution in [1.29, 1.82) is 0 Å². The number of aromatic amines is 2. The van der Waals surface area contributed by atoms with E-state index < -0.39 is 17.2 Å². The lowest BCUT2D eigenvalue weighted by molar-refractivity contribution is -0.113. The maximum atomic E-state index is 13.0. The molecule has 0 unspecified atom stereocenters. The summed E-state index contributed by atoms with van der Waals surface area (Å²) in [6.07, 6.45) is 1.51. The molecule has 27 heavy (non-hydrogen) atoms. The molecule has 0 aliphatic carbocycles. The molecule has 0 saturated heterocycles. The van der Waals surface area contributed by atoms with Gasteiger partial charge in [0.2, 0.25) is 5.78 Å². The average Bonchev–Trinajstić information content (AvgIpc) is 3.01. The summed E-state index contributed by atoms with van der Waals surface area (Å²) in [6.45, 7) is 0. The van der Waals surface area contributed by atoms with Crippen LogP contribution in [0.4, 0.5) is 5.69 Å². The molecule has 7 nitrogen and oxygen atoms in total. The molecule has 0 radical (unpaired) electrons. The number of para-hydroxylation sites is 1. The number of phenols is 1. The third kappa shape index (κ3) is 2.65. The van der Waals surface area contributed by atoms with Gasteiger partial charge in [0.1, 0.15) is 11.3 Å². The molecular weight excluding hydrogens is 346 g/mol. The number of anilines is 1. The summed E-state index contributed by atoms with van der Waals surface area (Å²) in [7, 11) is 1.58. The van der Waals surface area contributed by atoms with Crippen molar-refractivity contribution in [2.24, 2.45) is 0 Å². The number of amides is 1. The molecule has 1 aliphatic rings. The Morgan fingerprint density at radius 3 is 2.56 bits per heavy atom. The Balaban J connectivity index is 2.05. The lowest BCUT2D eigenvalue weighted by Crippen LogP contribution is -2.44. The van der Waals surface area contributed by atoms with Gasteiger partial charge in [-0.1, -0.05) is 24.3 Å². The molecule has 2 heterocycles. The molecule has 7 heteroatoms. The molecule has 0 atom stereocenters. The van der Waals surface area contributed by atoms with Crippen LogP contribution in [0.25, 0.3) is 11.6 Å². The first-order valence-electron chi connectivity index (χ1n) is 8.21. The fourth-order valence-electron chi connectivity index (χ4n) is 3.17. The van der Waals surface area contributed by atoms with Gasteiger partial charge >= 0.3 is 0 Å². The Bertz CT molecular complexity index is 1270. The Morgan fingerprint density at radius 1 is 1.00 bits per heavy atom. The van der Waals surface area contributed by atoms with Gasteiger partial charge in [-0.3, -0.25) is 24.6 Å². The molecule has 1 aliphatic heterocycles. The van der Waals surface area contributed by atoms with Gasteiger partial charge in [-0.25, -0.2) is 0 Å². The molecule has 0 saturated carbocycles. The molecule has 0 fully saturated rings. The Labute approximate surface area is 152 Å². The number of nitrogens with zero attached hydrogens (tertiary/aromatic N) is 1. The fraction of sp³-hybridized carbons (Fsp3) is 0.0500. The zero-order chi connectivity index (χ0) is 19.1. The van der Waals surface area contributed by atoms with Gasteiger partial charge in [0, 0.05) is 12.6 Å². The van der Waals surface area contributed by atoms with Gasteiger partial charge in [-0.05, 0) is 35.9 Å². The summed E-state index contributed by atoms with van der Waals surface area (Å²) in [6, 6.07) is 13.1. The number of benzene rings is 2. The minimum Gasteiger partial charge on any atom is -0.508 e. The number of H-pyrrole nitrogens is 2. The number of aromatic hydroxyl groups is 1. The lowest BCUT2D eigenvalue weighted by Gasteiger charge is -2.25. The summed E-state index contributed by atoms with van der Waals surface area (Å²) in [5.74, 6) is -0.905. The lowest BCUT2D eigenvalue weighted by atomic mass is 9.95. The first-order valence-corrected chi connectivity index (χ1v) is 8.21. The maximum absolute atomic E-state index is 13.0. The third-order valence-electron chi connectivity index (χ3n) is 4.50. The van der Waals surface area contributed by atoms with Gasteiger partial charge in [0.25, 0.3) is 11.5 Å². The largest absolute Gasteiger partial charge is 0.508 e. The fourth-order valence-corrected chi connectivity index (χ4v) is 3.17. The summed E-state index contributed by atoms with van der Waals surface area (Å²) in [4.78, 5) is 39.5. The maximum Gasteiger partial charge on any atom is 0.271 e. The summed E-state index contributed by atoms with van der Waals surface area (Å²) < 4.78 is 0. The second-order valence-corrected chi connectivity index (χ2v) is 6.19. The van der Waals surface area contributed by atoms with E-state index in [1.807, 2.05) is 0 Å². The van der Waals surface area contributed by atoms with Crippen LogP contribution in [0.5, 0.6) is 5.75 Å². The number of ketones is 1. The topological polar surface area (TPSA) is 106 Å². The quantitative estimate of drug-likeness (QED) is 0.577. The number of carbonyl (C=O) groups is 2. The Kier molecular flexibility index (Phi) is 3.77. The molecular formula is C20H15N3O4. The van der Waals surface area contributed by atoms with Crippen molar-refractivity contribution >= 4 is 29.0 Å². The summed E-state index contributed by atoms with van der Waals surface area (Å²) in [5.41, 5.74) is 0.892. The van der Waals surface area contributed by atoms with E-state index in [9.17, 15) is 19.5 Å². The Morgan fingerprint density at radius 2 is 1.78 bits per heavy atom. The highest BCUT2D eigenvalue weighted by Gasteiger charge is 2.33. The molecule has 0 bridgehead atoms.